The number of nitrogens with one attached hydrogen (secondary N) is 4. The highest BCUT2D eigenvalue weighted by molar-refractivity contribution is 5.79. The van der Waals surface area contributed by atoms with Crippen LogP contribution in [0.5, 0.6) is 0 Å². The van der Waals surface area contributed by atoms with Gasteiger partial charge >= 0.3 is 0 Å². The van der Waals surface area contributed by atoms with Gasteiger partial charge in [-0.1, -0.05) is 36.4 Å². The number of aromatic amines is 2. The number of piperazine rings is 1. The van der Waals surface area contributed by atoms with Gasteiger partial charge in [-0.3, -0.25) is 0 Å². The monoisotopic (exact) mass is 320 g/mol. The molecular formula is C20H24N4. The zero-order chi connectivity index (χ0) is 16.5. The summed E-state index contributed by atoms with van der Waals surface area (Å²) in [6.45, 7) is 4.56. The third-order valence-corrected chi connectivity index (χ3v) is 3.88. The van der Waals surface area contributed by atoms with E-state index in [1.54, 1.807) is 0 Å². The van der Waals surface area contributed by atoms with E-state index in [1.165, 1.54) is 21.8 Å². The molecule has 0 atom stereocenters. The first-order chi connectivity index (χ1) is 11.9. The van der Waals surface area contributed by atoms with Crippen molar-refractivity contribution in [2.45, 2.75) is 0 Å². The summed E-state index contributed by atoms with van der Waals surface area (Å²) in [6.07, 6.45) is 3.90. The molecule has 0 spiro atoms. The summed E-state index contributed by atoms with van der Waals surface area (Å²) in [4.78, 5) is 6.24. The zero-order valence-electron chi connectivity index (χ0n) is 13.8. The zero-order valence-corrected chi connectivity index (χ0v) is 13.8. The standard InChI is InChI=1S/2C8H7N.C4H10N2/c2*1-2-4-8-7(3-1)5-6-9-8;1-2-6-4-3-5-1/h2*1-6,9H;5-6H,1-4H2. The fourth-order valence-electron chi connectivity index (χ4n) is 2.59. The lowest BCUT2D eigenvalue weighted by Gasteiger charge is -2.11. The molecule has 1 aliphatic heterocycles. The normalized spacial score (nSPS) is 13.7. The molecule has 2 aromatic heterocycles. The summed E-state index contributed by atoms with van der Waals surface area (Å²) < 4.78 is 0. The third-order valence-electron chi connectivity index (χ3n) is 3.88. The van der Waals surface area contributed by atoms with Crippen molar-refractivity contribution in [3.63, 3.8) is 0 Å². The summed E-state index contributed by atoms with van der Waals surface area (Å²) >= 11 is 0. The number of aromatic nitrogens is 2. The first-order valence-electron chi connectivity index (χ1n) is 8.39. The molecule has 3 heterocycles. The van der Waals surface area contributed by atoms with E-state index in [4.69, 9.17) is 0 Å². The molecular weight excluding hydrogens is 296 g/mol. The molecule has 0 aliphatic carbocycles. The molecule has 4 nitrogen and oxygen atoms in total. The van der Waals surface area contributed by atoms with Crippen LogP contribution < -0.4 is 10.6 Å². The largest absolute Gasteiger partial charge is 0.361 e. The summed E-state index contributed by atoms with van der Waals surface area (Å²) in [5.74, 6) is 0. The van der Waals surface area contributed by atoms with Crippen LogP contribution in [0.25, 0.3) is 21.8 Å². The van der Waals surface area contributed by atoms with Crippen LogP contribution in [-0.4, -0.2) is 36.1 Å². The van der Waals surface area contributed by atoms with Crippen LogP contribution in [-0.2, 0) is 0 Å². The van der Waals surface area contributed by atoms with E-state index in [-0.39, 0.29) is 0 Å². The van der Waals surface area contributed by atoms with Gasteiger partial charge in [-0.05, 0) is 35.0 Å². The van der Waals surface area contributed by atoms with Crippen molar-refractivity contribution in [1.82, 2.24) is 20.6 Å². The average Bonchev–Trinajstić information content (AvgIpc) is 3.33. The summed E-state index contributed by atoms with van der Waals surface area (Å²) in [7, 11) is 0. The van der Waals surface area contributed by atoms with Crippen LogP contribution >= 0.6 is 0 Å². The van der Waals surface area contributed by atoms with E-state index in [9.17, 15) is 0 Å². The van der Waals surface area contributed by atoms with Gasteiger partial charge in [0.2, 0.25) is 0 Å². The van der Waals surface area contributed by atoms with Gasteiger partial charge in [0.1, 0.15) is 0 Å². The minimum Gasteiger partial charge on any atom is -0.361 e. The maximum atomic E-state index is 3.22. The van der Waals surface area contributed by atoms with E-state index >= 15 is 0 Å². The van der Waals surface area contributed by atoms with Gasteiger partial charge in [0.15, 0.2) is 0 Å². The Kier molecular flexibility index (Phi) is 6.05. The minimum absolute atomic E-state index is 1.14. The van der Waals surface area contributed by atoms with E-state index in [0.717, 1.165) is 26.2 Å². The number of rotatable bonds is 0. The quantitative estimate of drug-likeness (QED) is 0.401. The van der Waals surface area contributed by atoms with Crippen LogP contribution in [0, 0.1) is 0 Å². The molecule has 0 bridgehead atoms. The van der Waals surface area contributed by atoms with Gasteiger partial charge in [0, 0.05) is 49.6 Å². The SMILES string of the molecule is C1CNCCN1.c1ccc2[nH]ccc2c1.c1ccc2[nH]ccc2c1. The highest BCUT2D eigenvalue weighted by Gasteiger charge is 1.91. The molecule has 4 aromatic rings. The summed E-state index contributed by atoms with van der Waals surface area (Å²) in [6, 6.07) is 20.6. The minimum atomic E-state index is 1.14. The molecule has 24 heavy (non-hydrogen) atoms. The van der Waals surface area contributed by atoms with E-state index in [1.807, 2.05) is 36.7 Å². The van der Waals surface area contributed by atoms with Crippen molar-refractivity contribution in [1.29, 1.82) is 0 Å². The lowest BCUT2D eigenvalue weighted by atomic mass is 10.3. The Morgan fingerprint density at radius 3 is 1.29 bits per heavy atom. The van der Waals surface area contributed by atoms with E-state index < -0.39 is 0 Å². The average molecular weight is 320 g/mol. The van der Waals surface area contributed by atoms with Crippen LogP contribution in [0.2, 0.25) is 0 Å². The molecule has 0 amide bonds. The highest BCUT2D eigenvalue weighted by atomic mass is 15.0. The van der Waals surface area contributed by atoms with Crippen LogP contribution in [0.15, 0.2) is 73.1 Å². The molecule has 0 radical (unpaired) electrons. The number of fused-ring (bicyclic) bond motifs is 2. The van der Waals surface area contributed by atoms with Crippen molar-refractivity contribution < 1.29 is 0 Å². The van der Waals surface area contributed by atoms with Crippen LogP contribution in [0.3, 0.4) is 0 Å². The maximum absolute atomic E-state index is 3.22. The fourth-order valence-corrected chi connectivity index (χ4v) is 2.59. The van der Waals surface area contributed by atoms with E-state index in [0.29, 0.717) is 0 Å². The summed E-state index contributed by atoms with van der Waals surface area (Å²) in [5, 5.41) is 9.00. The summed E-state index contributed by atoms with van der Waals surface area (Å²) in [5.41, 5.74) is 2.41. The molecule has 1 fully saturated rings. The second kappa shape index (κ2) is 8.91. The maximum Gasteiger partial charge on any atom is 0.0453 e. The highest BCUT2D eigenvalue weighted by Crippen LogP contribution is 2.09. The molecule has 4 N–H and O–H groups in total. The van der Waals surface area contributed by atoms with Crippen molar-refractivity contribution in [2.75, 3.05) is 26.2 Å². The fraction of sp³-hybridized carbons (Fsp3) is 0.200. The van der Waals surface area contributed by atoms with Crippen LogP contribution in [0.1, 0.15) is 0 Å². The smallest absolute Gasteiger partial charge is 0.0453 e. The third kappa shape index (κ3) is 4.72. The number of H-pyrrole nitrogens is 2. The number of benzene rings is 2. The second-order valence-corrected chi connectivity index (χ2v) is 5.63. The molecule has 0 saturated carbocycles. The van der Waals surface area contributed by atoms with Crippen molar-refractivity contribution in [3.05, 3.63) is 73.1 Å². The van der Waals surface area contributed by atoms with Gasteiger partial charge in [0.25, 0.3) is 0 Å². The lowest BCUT2D eigenvalue weighted by Crippen LogP contribution is -2.39. The van der Waals surface area contributed by atoms with E-state index in [2.05, 4.69) is 57.0 Å². The van der Waals surface area contributed by atoms with Gasteiger partial charge in [-0.15, -0.1) is 0 Å². The molecule has 4 heteroatoms. The van der Waals surface area contributed by atoms with Gasteiger partial charge < -0.3 is 20.6 Å². The van der Waals surface area contributed by atoms with Crippen LogP contribution in [0.4, 0.5) is 0 Å². The number of hydrogen-bond donors (Lipinski definition) is 4. The molecule has 1 saturated heterocycles. The molecule has 2 aromatic carbocycles. The molecule has 124 valence electrons. The lowest BCUT2D eigenvalue weighted by molar-refractivity contribution is 0.534. The van der Waals surface area contributed by atoms with Crippen molar-refractivity contribution >= 4 is 21.8 Å². The Morgan fingerprint density at radius 2 is 0.917 bits per heavy atom. The number of hydrogen-bond acceptors (Lipinski definition) is 2. The van der Waals surface area contributed by atoms with Gasteiger partial charge in [-0.25, -0.2) is 0 Å². The Morgan fingerprint density at radius 1 is 0.500 bits per heavy atom. The van der Waals surface area contributed by atoms with Crippen molar-refractivity contribution in [3.8, 4) is 0 Å². The predicted octanol–water partition coefficient (Wildman–Crippen LogP) is 3.52. The Labute approximate surface area is 142 Å². The molecule has 5 rings (SSSR count). The van der Waals surface area contributed by atoms with Crippen molar-refractivity contribution in [2.24, 2.45) is 0 Å². The molecule has 1 aliphatic rings. The predicted molar refractivity (Wildman–Crippen MR) is 102 cm³/mol. The Bertz CT molecular complexity index is 705. The molecule has 0 unspecified atom stereocenters. The Hall–Kier alpha value is -2.56. The number of para-hydroxylation sites is 2. The van der Waals surface area contributed by atoms with Gasteiger partial charge in [-0.2, -0.15) is 0 Å². The topological polar surface area (TPSA) is 55.6 Å². The Balaban J connectivity index is 0.000000108. The first kappa shape index (κ1) is 16.3. The second-order valence-electron chi connectivity index (χ2n) is 5.63. The first-order valence-corrected chi connectivity index (χ1v) is 8.39. The van der Waals surface area contributed by atoms with Gasteiger partial charge in [0.05, 0.1) is 0 Å².